The average molecular weight is 297 g/mol. The van der Waals surface area contributed by atoms with E-state index in [-0.39, 0.29) is 11.7 Å². The molecule has 0 bridgehead atoms. The van der Waals surface area contributed by atoms with Gasteiger partial charge in [-0.15, -0.1) is 0 Å². The Bertz CT molecular complexity index is 617. The minimum Gasteiger partial charge on any atom is -0.409 e. The normalized spacial score (nSPS) is 11.6. The molecule has 3 nitrogen and oxygen atoms in total. The van der Waals surface area contributed by atoms with Gasteiger partial charge in [-0.1, -0.05) is 28.5 Å². The number of oxime groups is 1. The molecule has 0 radical (unpaired) electrons. The number of amidine groups is 1. The van der Waals surface area contributed by atoms with E-state index >= 15 is 0 Å². The van der Waals surface area contributed by atoms with Crippen LogP contribution in [0, 0.1) is 5.82 Å². The van der Waals surface area contributed by atoms with Crippen molar-refractivity contribution >= 4 is 29.2 Å². The summed E-state index contributed by atoms with van der Waals surface area (Å²) in [6.07, 6.45) is 0. The number of nitrogens with zero attached hydrogens (tertiary/aromatic N) is 1. The van der Waals surface area contributed by atoms with Gasteiger partial charge >= 0.3 is 0 Å². The first kappa shape index (κ1) is 13.7. The third-order valence-electron chi connectivity index (χ3n) is 2.37. The Kier molecular flexibility index (Phi) is 4.29. The van der Waals surface area contributed by atoms with Crippen molar-refractivity contribution in [2.75, 3.05) is 0 Å². The van der Waals surface area contributed by atoms with Crippen LogP contribution in [0.3, 0.4) is 0 Å². The van der Waals surface area contributed by atoms with Gasteiger partial charge in [-0.25, -0.2) is 4.39 Å². The summed E-state index contributed by atoms with van der Waals surface area (Å²) in [5.41, 5.74) is 5.95. The summed E-state index contributed by atoms with van der Waals surface area (Å²) in [6.45, 7) is 0. The molecule has 0 aromatic heterocycles. The van der Waals surface area contributed by atoms with Gasteiger partial charge in [-0.2, -0.15) is 0 Å². The van der Waals surface area contributed by atoms with Crippen LogP contribution >= 0.6 is 23.4 Å². The molecule has 0 heterocycles. The Morgan fingerprint density at radius 1 is 1.16 bits per heavy atom. The minimum atomic E-state index is -0.273. The molecule has 0 aliphatic rings. The molecule has 0 atom stereocenters. The molecule has 6 heteroatoms. The maximum Gasteiger partial charge on any atom is 0.171 e. The summed E-state index contributed by atoms with van der Waals surface area (Å²) in [5.74, 6) is -0.312. The van der Waals surface area contributed by atoms with Gasteiger partial charge in [0.15, 0.2) is 5.84 Å². The molecule has 2 rings (SSSR count). The molecule has 0 saturated heterocycles. The molecule has 0 spiro atoms. The zero-order valence-electron chi connectivity index (χ0n) is 9.68. The topological polar surface area (TPSA) is 58.6 Å². The average Bonchev–Trinajstić information content (AvgIpc) is 2.41. The summed E-state index contributed by atoms with van der Waals surface area (Å²) in [4.78, 5) is 1.78. The van der Waals surface area contributed by atoms with Crippen molar-refractivity contribution in [3.63, 3.8) is 0 Å². The maximum absolute atomic E-state index is 12.8. The SMILES string of the molecule is NC(=NO)c1ccc(Sc2ccc(F)cc2)cc1Cl. The van der Waals surface area contributed by atoms with E-state index in [4.69, 9.17) is 22.5 Å². The first-order valence-electron chi connectivity index (χ1n) is 5.31. The van der Waals surface area contributed by atoms with E-state index in [2.05, 4.69) is 5.16 Å². The summed E-state index contributed by atoms with van der Waals surface area (Å²) in [6, 6.07) is 11.3. The smallest absolute Gasteiger partial charge is 0.171 e. The predicted octanol–water partition coefficient (Wildman–Crippen LogP) is 3.72. The van der Waals surface area contributed by atoms with Crippen LogP contribution < -0.4 is 5.73 Å². The zero-order valence-corrected chi connectivity index (χ0v) is 11.2. The lowest BCUT2D eigenvalue weighted by atomic mass is 10.2. The van der Waals surface area contributed by atoms with E-state index in [0.717, 1.165) is 9.79 Å². The molecule has 19 heavy (non-hydrogen) atoms. The van der Waals surface area contributed by atoms with Crippen LogP contribution in [-0.2, 0) is 0 Å². The number of halogens is 2. The molecular weight excluding hydrogens is 287 g/mol. The van der Waals surface area contributed by atoms with Crippen molar-refractivity contribution in [2.45, 2.75) is 9.79 Å². The Morgan fingerprint density at radius 2 is 1.79 bits per heavy atom. The summed E-state index contributed by atoms with van der Waals surface area (Å²) in [5, 5.41) is 11.9. The lowest BCUT2D eigenvalue weighted by molar-refractivity contribution is 0.318. The first-order chi connectivity index (χ1) is 9.10. The van der Waals surface area contributed by atoms with Crippen molar-refractivity contribution < 1.29 is 9.60 Å². The fraction of sp³-hybridized carbons (Fsp3) is 0. The molecule has 0 aliphatic heterocycles. The van der Waals surface area contributed by atoms with Crippen LogP contribution in [0.2, 0.25) is 5.02 Å². The van der Waals surface area contributed by atoms with E-state index in [1.54, 1.807) is 30.3 Å². The second-order valence-corrected chi connectivity index (χ2v) is 5.24. The quantitative estimate of drug-likeness (QED) is 0.393. The number of hydrogen-bond donors (Lipinski definition) is 2. The second-order valence-electron chi connectivity index (χ2n) is 3.68. The Morgan fingerprint density at radius 3 is 2.37 bits per heavy atom. The molecule has 3 N–H and O–H groups in total. The molecule has 2 aromatic carbocycles. The molecule has 98 valence electrons. The van der Waals surface area contributed by atoms with Crippen LogP contribution in [0.15, 0.2) is 57.4 Å². The zero-order chi connectivity index (χ0) is 13.8. The number of benzene rings is 2. The Labute approximate surface area is 118 Å². The van der Waals surface area contributed by atoms with Gasteiger partial charge in [0.05, 0.1) is 5.02 Å². The highest BCUT2D eigenvalue weighted by Crippen LogP contribution is 2.30. The van der Waals surface area contributed by atoms with Gasteiger partial charge in [-0.05, 0) is 42.5 Å². The standard InChI is InChI=1S/C13H10ClFN2OS/c14-12-7-10(5-6-11(12)13(16)17-18)19-9-3-1-8(15)2-4-9/h1-7,18H,(H2,16,17). The third-order valence-corrected chi connectivity index (χ3v) is 3.68. The highest BCUT2D eigenvalue weighted by molar-refractivity contribution is 7.99. The van der Waals surface area contributed by atoms with Gasteiger partial charge in [0.1, 0.15) is 5.82 Å². The van der Waals surface area contributed by atoms with Crippen LogP contribution in [0.25, 0.3) is 0 Å². The first-order valence-corrected chi connectivity index (χ1v) is 6.50. The largest absolute Gasteiger partial charge is 0.409 e. The molecule has 0 saturated carbocycles. The van der Waals surface area contributed by atoms with Gasteiger partial charge in [-0.3, -0.25) is 0 Å². The number of hydrogen-bond acceptors (Lipinski definition) is 3. The maximum atomic E-state index is 12.8. The molecule has 2 aromatic rings. The van der Waals surface area contributed by atoms with Gasteiger partial charge in [0, 0.05) is 15.4 Å². The summed E-state index contributed by atoms with van der Waals surface area (Å²) in [7, 11) is 0. The van der Waals surface area contributed by atoms with E-state index in [1.165, 1.54) is 23.9 Å². The van der Waals surface area contributed by atoms with Crippen LogP contribution in [0.5, 0.6) is 0 Å². The van der Waals surface area contributed by atoms with E-state index < -0.39 is 0 Å². The Balaban J connectivity index is 2.23. The molecule has 0 amide bonds. The van der Waals surface area contributed by atoms with Gasteiger partial charge < -0.3 is 10.9 Å². The van der Waals surface area contributed by atoms with Crippen LogP contribution in [0.1, 0.15) is 5.56 Å². The highest BCUT2D eigenvalue weighted by atomic mass is 35.5. The van der Waals surface area contributed by atoms with E-state index in [1.807, 2.05) is 0 Å². The summed E-state index contributed by atoms with van der Waals surface area (Å²) >= 11 is 7.49. The summed E-state index contributed by atoms with van der Waals surface area (Å²) < 4.78 is 12.8. The fourth-order valence-corrected chi connectivity index (χ4v) is 2.66. The monoisotopic (exact) mass is 296 g/mol. The van der Waals surface area contributed by atoms with Crippen molar-refractivity contribution in [3.05, 3.63) is 58.9 Å². The number of nitrogens with two attached hydrogens (primary N) is 1. The van der Waals surface area contributed by atoms with Crippen molar-refractivity contribution in [1.82, 2.24) is 0 Å². The Hall–Kier alpha value is -1.72. The number of rotatable bonds is 3. The molecular formula is C13H10ClFN2OS. The van der Waals surface area contributed by atoms with E-state index in [9.17, 15) is 4.39 Å². The minimum absolute atomic E-state index is 0.0386. The third kappa shape index (κ3) is 3.39. The molecule has 0 aliphatic carbocycles. The fourth-order valence-electron chi connectivity index (χ4n) is 1.46. The van der Waals surface area contributed by atoms with Crippen molar-refractivity contribution in [2.24, 2.45) is 10.9 Å². The predicted molar refractivity (Wildman–Crippen MR) is 74.5 cm³/mol. The molecule has 0 unspecified atom stereocenters. The highest BCUT2D eigenvalue weighted by Gasteiger charge is 2.07. The lowest BCUT2D eigenvalue weighted by Crippen LogP contribution is -2.13. The van der Waals surface area contributed by atoms with Crippen molar-refractivity contribution in [3.8, 4) is 0 Å². The van der Waals surface area contributed by atoms with Gasteiger partial charge in [0.2, 0.25) is 0 Å². The van der Waals surface area contributed by atoms with E-state index in [0.29, 0.717) is 10.6 Å². The lowest BCUT2D eigenvalue weighted by Gasteiger charge is -2.06. The second kappa shape index (κ2) is 5.95. The molecule has 0 fully saturated rings. The van der Waals surface area contributed by atoms with Crippen molar-refractivity contribution in [1.29, 1.82) is 0 Å². The van der Waals surface area contributed by atoms with Crippen LogP contribution in [-0.4, -0.2) is 11.0 Å². The van der Waals surface area contributed by atoms with Gasteiger partial charge in [0.25, 0.3) is 0 Å². The van der Waals surface area contributed by atoms with Crippen LogP contribution in [0.4, 0.5) is 4.39 Å².